The molecular weight excluding hydrogens is 312 g/mol. The van der Waals surface area contributed by atoms with Crippen molar-refractivity contribution >= 4 is 11.7 Å². The van der Waals surface area contributed by atoms with E-state index in [1.165, 1.54) is 6.42 Å². The lowest BCUT2D eigenvalue weighted by molar-refractivity contribution is -0.137. The molecule has 0 unspecified atom stereocenters. The summed E-state index contributed by atoms with van der Waals surface area (Å²) in [4.78, 5) is 21.1. The Bertz CT molecular complexity index is 682. The molecule has 0 aromatic carbocycles. The molecule has 0 radical (unpaired) electrons. The van der Waals surface area contributed by atoms with Crippen LogP contribution in [-0.2, 0) is 4.79 Å². The molecule has 25 heavy (non-hydrogen) atoms. The Morgan fingerprint density at radius 2 is 2.00 bits per heavy atom. The zero-order chi connectivity index (χ0) is 18.0. The van der Waals surface area contributed by atoms with Gasteiger partial charge in [0.1, 0.15) is 11.9 Å². The maximum Gasteiger partial charge on any atom is 0.225 e. The largest absolute Gasteiger partial charge is 0.355 e. The molecular formula is C20H28N4O. The second-order valence-electron chi connectivity index (χ2n) is 7.67. The van der Waals surface area contributed by atoms with Gasteiger partial charge in [0.15, 0.2) is 0 Å². The van der Waals surface area contributed by atoms with Crippen LogP contribution < -0.4 is 4.90 Å². The van der Waals surface area contributed by atoms with Gasteiger partial charge in [-0.15, -0.1) is 0 Å². The van der Waals surface area contributed by atoms with Crippen LogP contribution in [0.4, 0.5) is 5.82 Å². The zero-order valence-corrected chi connectivity index (χ0v) is 15.6. The van der Waals surface area contributed by atoms with Crippen molar-refractivity contribution in [1.29, 1.82) is 5.26 Å². The van der Waals surface area contributed by atoms with Crippen LogP contribution in [0.25, 0.3) is 0 Å². The molecule has 0 N–H and O–H groups in total. The normalized spacial score (nSPS) is 18.6. The van der Waals surface area contributed by atoms with Gasteiger partial charge < -0.3 is 9.80 Å². The van der Waals surface area contributed by atoms with E-state index in [-0.39, 0.29) is 5.92 Å². The highest BCUT2D eigenvalue weighted by molar-refractivity contribution is 5.79. The van der Waals surface area contributed by atoms with E-state index in [1.54, 1.807) is 0 Å². The average molecular weight is 340 g/mol. The monoisotopic (exact) mass is 340 g/mol. The second kappa shape index (κ2) is 7.43. The molecule has 3 rings (SSSR count). The van der Waals surface area contributed by atoms with E-state index >= 15 is 0 Å². The van der Waals surface area contributed by atoms with Crippen LogP contribution in [-0.4, -0.2) is 42.5 Å². The Morgan fingerprint density at radius 1 is 1.32 bits per heavy atom. The van der Waals surface area contributed by atoms with Crippen LogP contribution in [0.2, 0.25) is 0 Å². The number of nitriles is 1. The topological polar surface area (TPSA) is 60.2 Å². The summed E-state index contributed by atoms with van der Waals surface area (Å²) in [6.45, 7) is 6.62. The SMILES string of the molecule is Cc1cc(C)c(C#N)c(N2CCC(CN(C)C(=O)C3CCC3)CC2)n1. The predicted molar refractivity (Wildman–Crippen MR) is 98.3 cm³/mol. The van der Waals surface area contributed by atoms with Gasteiger partial charge in [-0.3, -0.25) is 4.79 Å². The summed E-state index contributed by atoms with van der Waals surface area (Å²) in [6, 6.07) is 4.28. The summed E-state index contributed by atoms with van der Waals surface area (Å²) in [5.41, 5.74) is 2.65. The van der Waals surface area contributed by atoms with Crippen molar-refractivity contribution in [3.63, 3.8) is 0 Å². The smallest absolute Gasteiger partial charge is 0.225 e. The number of carbonyl (C=O) groups is 1. The minimum Gasteiger partial charge on any atom is -0.355 e. The molecule has 5 heteroatoms. The van der Waals surface area contributed by atoms with E-state index in [1.807, 2.05) is 31.9 Å². The van der Waals surface area contributed by atoms with Crippen molar-refractivity contribution in [2.24, 2.45) is 11.8 Å². The van der Waals surface area contributed by atoms with Gasteiger partial charge in [0.2, 0.25) is 5.91 Å². The van der Waals surface area contributed by atoms with E-state index in [0.29, 0.717) is 17.4 Å². The van der Waals surface area contributed by atoms with Gasteiger partial charge in [-0.1, -0.05) is 6.42 Å². The quantitative estimate of drug-likeness (QED) is 0.845. The maximum absolute atomic E-state index is 12.3. The average Bonchev–Trinajstić information content (AvgIpc) is 2.53. The van der Waals surface area contributed by atoms with Crippen LogP contribution >= 0.6 is 0 Å². The van der Waals surface area contributed by atoms with E-state index < -0.39 is 0 Å². The number of aryl methyl sites for hydroxylation is 2. The highest BCUT2D eigenvalue weighted by atomic mass is 16.2. The van der Waals surface area contributed by atoms with Crippen LogP contribution in [0, 0.1) is 37.0 Å². The molecule has 1 aromatic heterocycles. The third-order valence-corrected chi connectivity index (χ3v) is 5.71. The first-order valence-electron chi connectivity index (χ1n) is 9.38. The molecule has 1 saturated carbocycles. The number of amides is 1. The molecule has 1 aliphatic heterocycles. The lowest BCUT2D eigenvalue weighted by atomic mass is 9.84. The van der Waals surface area contributed by atoms with Crippen molar-refractivity contribution < 1.29 is 4.79 Å². The summed E-state index contributed by atoms with van der Waals surface area (Å²) >= 11 is 0. The van der Waals surface area contributed by atoms with Crippen molar-refractivity contribution in [3.05, 3.63) is 22.9 Å². The molecule has 1 aliphatic carbocycles. The summed E-state index contributed by atoms with van der Waals surface area (Å²) in [5, 5.41) is 9.47. The molecule has 1 saturated heterocycles. The minimum atomic E-state index is 0.280. The Labute approximate surface area is 150 Å². The standard InChI is InChI=1S/C20H28N4O/c1-14-11-15(2)22-19(18(14)12-21)24-9-7-16(8-10-24)13-23(3)20(25)17-5-4-6-17/h11,16-17H,4-10,13H2,1-3H3. The first kappa shape index (κ1) is 17.7. The number of piperidine rings is 1. The van der Waals surface area contributed by atoms with Crippen LogP contribution in [0.5, 0.6) is 0 Å². The summed E-state index contributed by atoms with van der Waals surface area (Å²) < 4.78 is 0. The van der Waals surface area contributed by atoms with Crippen molar-refractivity contribution in [1.82, 2.24) is 9.88 Å². The fraction of sp³-hybridized carbons (Fsp3) is 0.650. The predicted octanol–water partition coefficient (Wildman–Crippen LogP) is 3.05. The van der Waals surface area contributed by atoms with Crippen molar-refractivity contribution in [2.45, 2.75) is 46.0 Å². The lowest BCUT2D eigenvalue weighted by Crippen LogP contribution is -2.42. The van der Waals surface area contributed by atoms with Gasteiger partial charge in [0.25, 0.3) is 0 Å². The minimum absolute atomic E-state index is 0.280. The molecule has 1 amide bonds. The molecule has 5 nitrogen and oxygen atoms in total. The van der Waals surface area contributed by atoms with Gasteiger partial charge in [-0.2, -0.15) is 5.26 Å². The maximum atomic E-state index is 12.3. The van der Waals surface area contributed by atoms with E-state index in [2.05, 4.69) is 16.0 Å². The fourth-order valence-electron chi connectivity index (χ4n) is 3.96. The zero-order valence-electron chi connectivity index (χ0n) is 15.6. The number of aromatic nitrogens is 1. The number of pyridine rings is 1. The van der Waals surface area contributed by atoms with Crippen LogP contribution in [0.1, 0.15) is 48.9 Å². The highest BCUT2D eigenvalue weighted by Crippen LogP contribution is 2.30. The lowest BCUT2D eigenvalue weighted by Gasteiger charge is -2.36. The summed E-state index contributed by atoms with van der Waals surface area (Å²) in [7, 11) is 1.95. The summed E-state index contributed by atoms with van der Waals surface area (Å²) in [5.74, 6) is 1.98. The fourth-order valence-corrected chi connectivity index (χ4v) is 3.96. The van der Waals surface area contributed by atoms with Crippen LogP contribution in [0.3, 0.4) is 0 Å². The Kier molecular flexibility index (Phi) is 5.27. The molecule has 0 bridgehead atoms. The first-order chi connectivity index (χ1) is 12.0. The Hall–Kier alpha value is -2.09. The van der Waals surface area contributed by atoms with E-state index in [9.17, 15) is 10.1 Å². The summed E-state index contributed by atoms with van der Waals surface area (Å²) in [6.07, 6.45) is 5.42. The number of hydrogen-bond acceptors (Lipinski definition) is 4. The number of carbonyl (C=O) groups excluding carboxylic acids is 1. The van der Waals surface area contributed by atoms with Gasteiger partial charge in [0, 0.05) is 38.3 Å². The number of anilines is 1. The third kappa shape index (κ3) is 3.78. The second-order valence-corrected chi connectivity index (χ2v) is 7.67. The molecule has 0 atom stereocenters. The molecule has 2 fully saturated rings. The van der Waals surface area contributed by atoms with Crippen molar-refractivity contribution in [2.75, 3.05) is 31.6 Å². The van der Waals surface area contributed by atoms with Gasteiger partial charge >= 0.3 is 0 Å². The molecule has 0 spiro atoms. The number of rotatable bonds is 4. The van der Waals surface area contributed by atoms with Crippen LogP contribution in [0.15, 0.2) is 6.07 Å². The Morgan fingerprint density at radius 3 is 2.56 bits per heavy atom. The number of hydrogen-bond donors (Lipinski definition) is 0. The third-order valence-electron chi connectivity index (χ3n) is 5.71. The molecule has 134 valence electrons. The van der Waals surface area contributed by atoms with E-state index in [4.69, 9.17) is 0 Å². The van der Waals surface area contributed by atoms with Gasteiger partial charge in [-0.05, 0) is 57.1 Å². The van der Waals surface area contributed by atoms with E-state index in [0.717, 1.165) is 62.4 Å². The van der Waals surface area contributed by atoms with Gasteiger partial charge in [-0.25, -0.2) is 4.98 Å². The van der Waals surface area contributed by atoms with Gasteiger partial charge in [0.05, 0.1) is 5.56 Å². The molecule has 2 aliphatic rings. The van der Waals surface area contributed by atoms with Crippen molar-refractivity contribution in [3.8, 4) is 6.07 Å². The molecule has 2 heterocycles. The molecule has 1 aromatic rings. The first-order valence-corrected chi connectivity index (χ1v) is 9.38. The Balaban J connectivity index is 1.59. The highest BCUT2D eigenvalue weighted by Gasteiger charge is 2.30. The number of nitrogens with zero attached hydrogens (tertiary/aromatic N) is 4.